The molecule has 4 aromatic carbocycles. The second kappa shape index (κ2) is 7.29. The third kappa shape index (κ3) is 3.47. The summed E-state index contributed by atoms with van der Waals surface area (Å²) in [5.74, 6) is 0. The van der Waals surface area contributed by atoms with E-state index in [-0.39, 0.29) is 0 Å². The van der Waals surface area contributed by atoms with Gasteiger partial charge in [-0.2, -0.15) is 13.2 Å². The van der Waals surface area contributed by atoms with Crippen LogP contribution in [0.4, 0.5) is 13.2 Å². The van der Waals surface area contributed by atoms with E-state index in [0.29, 0.717) is 5.56 Å². The van der Waals surface area contributed by atoms with Gasteiger partial charge in [-0.1, -0.05) is 72.8 Å². The van der Waals surface area contributed by atoms with Crippen LogP contribution < -0.4 is 5.73 Å². The molecule has 0 aliphatic rings. The van der Waals surface area contributed by atoms with Gasteiger partial charge in [0.25, 0.3) is 0 Å². The lowest BCUT2D eigenvalue weighted by Gasteiger charge is -2.15. The summed E-state index contributed by atoms with van der Waals surface area (Å²) in [6.07, 6.45) is -4.36. The van der Waals surface area contributed by atoms with E-state index in [2.05, 4.69) is 0 Å². The first kappa shape index (κ1) is 19.4. The Hall–Kier alpha value is -3.57. The summed E-state index contributed by atoms with van der Waals surface area (Å²) in [5.41, 5.74) is 10.7. The largest absolute Gasteiger partial charge is 0.455 e. The van der Waals surface area contributed by atoms with E-state index in [0.717, 1.165) is 50.8 Å². The normalized spacial score (nSPS) is 13.0. The van der Waals surface area contributed by atoms with E-state index in [1.165, 1.54) is 12.1 Å². The summed E-state index contributed by atoms with van der Waals surface area (Å²) in [7, 11) is 0. The lowest BCUT2D eigenvalue weighted by Crippen LogP contribution is -2.12. The highest BCUT2D eigenvalue weighted by Gasteiger charge is 2.30. The average molecular weight is 417 g/mol. The van der Waals surface area contributed by atoms with Gasteiger partial charge in [-0.05, 0) is 34.9 Å². The van der Waals surface area contributed by atoms with Crippen LogP contribution in [0.15, 0.2) is 95.4 Å². The molecule has 1 aromatic heterocycles. The van der Waals surface area contributed by atoms with Crippen LogP contribution in [0, 0.1) is 0 Å². The van der Waals surface area contributed by atoms with Crippen molar-refractivity contribution >= 4 is 21.9 Å². The number of hydrogen-bond acceptors (Lipinski definition) is 2. The van der Waals surface area contributed by atoms with Gasteiger partial charge < -0.3 is 10.2 Å². The molecular formula is C26H18F3NO. The first-order chi connectivity index (χ1) is 14.9. The number of hydrogen-bond donors (Lipinski definition) is 1. The molecule has 1 heterocycles. The maximum absolute atomic E-state index is 12.8. The predicted molar refractivity (Wildman–Crippen MR) is 117 cm³/mol. The van der Waals surface area contributed by atoms with Gasteiger partial charge in [0.1, 0.15) is 11.2 Å². The van der Waals surface area contributed by atoms with Crippen molar-refractivity contribution in [3.63, 3.8) is 0 Å². The molecule has 31 heavy (non-hydrogen) atoms. The van der Waals surface area contributed by atoms with Crippen LogP contribution in [0.25, 0.3) is 33.1 Å². The van der Waals surface area contributed by atoms with Crippen molar-refractivity contribution in [1.82, 2.24) is 0 Å². The second-order valence-corrected chi connectivity index (χ2v) is 7.50. The van der Waals surface area contributed by atoms with Crippen LogP contribution in [-0.2, 0) is 6.18 Å². The molecular weight excluding hydrogens is 399 g/mol. The molecule has 0 saturated carbocycles. The highest BCUT2D eigenvalue weighted by atomic mass is 19.4. The van der Waals surface area contributed by atoms with Gasteiger partial charge in [0.2, 0.25) is 0 Å². The van der Waals surface area contributed by atoms with Crippen molar-refractivity contribution in [2.75, 3.05) is 0 Å². The van der Waals surface area contributed by atoms with Gasteiger partial charge in [-0.3, -0.25) is 0 Å². The number of furan rings is 1. The molecule has 1 unspecified atom stereocenters. The van der Waals surface area contributed by atoms with Crippen LogP contribution >= 0.6 is 0 Å². The molecule has 0 aliphatic heterocycles. The fourth-order valence-electron chi connectivity index (χ4n) is 3.92. The summed E-state index contributed by atoms with van der Waals surface area (Å²) in [4.78, 5) is 0. The minimum absolute atomic E-state index is 0.515. The van der Waals surface area contributed by atoms with Crippen LogP contribution in [0.3, 0.4) is 0 Å². The van der Waals surface area contributed by atoms with Gasteiger partial charge in [0.05, 0.1) is 11.6 Å². The number of rotatable bonds is 3. The number of benzene rings is 4. The zero-order chi connectivity index (χ0) is 21.6. The van der Waals surface area contributed by atoms with Crippen molar-refractivity contribution in [2.45, 2.75) is 12.2 Å². The highest BCUT2D eigenvalue weighted by molar-refractivity contribution is 6.09. The molecule has 5 rings (SSSR count). The lowest BCUT2D eigenvalue weighted by molar-refractivity contribution is -0.137. The van der Waals surface area contributed by atoms with Gasteiger partial charge in [-0.15, -0.1) is 0 Å². The maximum atomic E-state index is 12.8. The Kier molecular flexibility index (Phi) is 4.56. The zero-order valence-corrected chi connectivity index (χ0v) is 16.4. The Morgan fingerprint density at radius 3 is 1.97 bits per heavy atom. The summed E-state index contributed by atoms with van der Waals surface area (Å²) >= 11 is 0. The van der Waals surface area contributed by atoms with Crippen molar-refractivity contribution in [3.8, 4) is 11.1 Å². The fourth-order valence-corrected chi connectivity index (χ4v) is 3.92. The zero-order valence-electron chi connectivity index (χ0n) is 16.4. The van der Waals surface area contributed by atoms with E-state index in [1.54, 1.807) is 0 Å². The molecule has 0 spiro atoms. The van der Waals surface area contributed by atoms with Crippen LogP contribution in [0.1, 0.15) is 22.7 Å². The van der Waals surface area contributed by atoms with Gasteiger partial charge in [-0.25, -0.2) is 0 Å². The van der Waals surface area contributed by atoms with Crippen molar-refractivity contribution in [2.24, 2.45) is 5.73 Å². The van der Waals surface area contributed by atoms with Crippen molar-refractivity contribution in [3.05, 3.63) is 108 Å². The Morgan fingerprint density at radius 2 is 1.29 bits per heavy atom. The van der Waals surface area contributed by atoms with Gasteiger partial charge >= 0.3 is 6.18 Å². The average Bonchev–Trinajstić information content (AvgIpc) is 3.17. The third-order valence-corrected chi connectivity index (χ3v) is 5.58. The number of halogens is 3. The number of nitrogens with two attached hydrogens (primary N) is 1. The molecule has 0 saturated heterocycles. The molecule has 0 radical (unpaired) electrons. The Bertz CT molecular complexity index is 1370. The standard InChI is InChI=1S/C26H18F3NO/c27-26(28,29)19-14-12-18(13-15-19)24(30)17-10-8-16(9-11-17)20-5-3-6-22-21-4-1-2-7-23(21)31-25(20)22/h1-15,24H,30H2. The van der Waals surface area contributed by atoms with E-state index < -0.39 is 17.8 Å². The molecule has 5 aromatic rings. The van der Waals surface area contributed by atoms with Crippen molar-refractivity contribution in [1.29, 1.82) is 0 Å². The molecule has 2 nitrogen and oxygen atoms in total. The molecule has 0 bridgehead atoms. The first-order valence-corrected chi connectivity index (χ1v) is 9.85. The predicted octanol–water partition coefficient (Wildman–Crippen LogP) is 7.32. The number of para-hydroxylation sites is 2. The van der Waals surface area contributed by atoms with Gasteiger partial charge in [0, 0.05) is 16.3 Å². The van der Waals surface area contributed by atoms with Crippen LogP contribution in [0.2, 0.25) is 0 Å². The summed E-state index contributed by atoms with van der Waals surface area (Å²) < 4.78 is 44.5. The molecule has 0 aliphatic carbocycles. The Balaban J connectivity index is 1.48. The van der Waals surface area contributed by atoms with E-state index in [4.69, 9.17) is 10.2 Å². The molecule has 0 amide bonds. The summed E-state index contributed by atoms with van der Waals surface area (Å²) in [5, 5.41) is 2.12. The molecule has 5 heteroatoms. The first-order valence-electron chi connectivity index (χ1n) is 9.85. The monoisotopic (exact) mass is 417 g/mol. The summed E-state index contributed by atoms with van der Waals surface area (Å²) in [6, 6.07) is 26.2. The van der Waals surface area contributed by atoms with E-state index in [9.17, 15) is 13.2 Å². The second-order valence-electron chi connectivity index (χ2n) is 7.50. The molecule has 0 fully saturated rings. The summed E-state index contributed by atoms with van der Waals surface area (Å²) in [6.45, 7) is 0. The lowest BCUT2D eigenvalue weighted by atomic mass is 9.95. The van der Waals surface area contributed by atoms with E-state index in [1.807, 2.05) is 66.7 Å². The minimum Gasteiger partial charge on any atom is -0.455 e. The SMILES string of the molecule is NC(c1ccc(-c2cccc3c2oc2ccccc23)cc1)c1ccc(C(F)(F)F)cc1. The van der Waals surface area contributed by atoms with Gasteiger partial charge in [0.15, 0.2) is 0 Å². The van der Waals surface area contributed by atoms with Crippen LogP contribution in [0.5, 0.6) is 0 Å². The molecule has 154 valence electrons. The molecule has 2 N–H and O–H groups in total. The Morgan fingerprint density at radius 1 is 0.677 bits per heavy atom. The minimum atomic E-state index is -4.36. The smallest absolute Gasteiger partial charge is 0.416 e. The van der Waals surface area contributed by atoms with E-state index >= 15 is 0 Å². The number of alkyl halides is 3. The molecule has 1 atom stereocenters. The fraction of sp³-hybridized carbons (Fsp3) is 0.0769. The number of fused-ring (bicyclic) bond motifs is 3. The van der Waals surface area contributed by atoms with Crippen LogP contribution in [-0.4, -0.2) is 0 Å². The quantitative estimate of drug-likeness (QED) is 0.334. The maximum Gasteiger partial charge on any atom is 0.416 e. The highest BCUT2D eigenvalue weighted by Crippen LogP contribution is 2.36. The third-order valence-electron chi connectivity index (χ3n) is 5.58. The topological polar surface area (TPSA) is 39.2 Å². The Labute approximate surface area is 176 Å². The van der Waals surface area contributed by atoms with Crippen molar-refractivity contribution < 1.29 is 17.6 Å².